The molecule has 16 heavy (non-hydrogen) atoms. The molecule has 1 aliphatic rings. The summed E-state index contributed by atoms with van der Waals surface area (Å²) >= 11 is 5.88. The standard InChI is InChI=1S/C10H14ClN3O2/c1-13-8(11)4-12-9(13)5-14(6-10(15)16)7-2-3-7/h4,7H,2-3,5-6H2,1H3,(H,15,16). The summed E-state index contributed by atoms with van der Waals surface area (Å²) in [5, 5.41) is 9.39. The number of nitrogens with zero attached hydrogens (tertiary/aromatic N) is 3. The maximum Gasteiger partial charge on any atom is 0.317 e. The molecule has 0 aromatic carbocycles. The molecule has 1 aliphatic carbocycles. The summed E-state index contributed by atoms with van der Waals surface area (Å²) in [4.78, 5) is 16.8. The van der Waals surface area contributed by atoms with Crippen LogP contribution < -0.4 is 0 Å². The minimum Gasteiger partial charge on any atom is -0.480 e. The third kappa shape index (κ3) is 2.54. The number of aromatic nitrogens is 2. The summed E-state index contributed by atoms with van der Waals surface area (Å²) < 4.78 is 1.78. The monoisotopic (exact) mass is 243 g/mol. The highest BCUT2D eigenvalue weighted by Gasteiger charge is 2.31. The number of aliphatic carboxylic acids is 1. The molecule has 1 heterocycles. The van der Waals surface area contributed by atoms with E-state index in [9.17, 15) is 4.79 Å². The minimum absolute atomic E-state index is 0.0646. The van der Waals surface area contributed by atoms with Crippen LogP contribution in [0, 0.1) is 0 Å². The van der Waals surface area contributed by atoms with E-state index in [2.05, 4.69) is 4.98 Å². The van der Waals surface area contributed by atoms with E-state index in [4.69, 9.17) is 16.7 Å². The smallest absolute Gasteiger partial charge is 0.317 e. The SMILES string of the molecule is Cn1c(Cl)cnc1CN(CC(=O)O)C1CC1. The van der Waals surface area contributed by atoms with Crippen molar-refractivity contribution >= 4 is 17.6 Å². The van der Waals surface area contributed by atoms with E-state index >= 15 is 0 Å². The van der Waals surface area contributed by atoms with Gasteiger partial charge in [0.15, 0.2) is 0 Å². The summed E-state index contributed by atoms with van der Waals surface area (Å²) in [6.07, 6.45) is 3.74. The second-order valence-electron chi connectivity index (χ2n) is 4.09. The lowest BCUT2D eigenvalue weighted by Crippen LogP contribution is -2.32. The van der Waals surface area contributed by atoms with Crippen LogP contribution in [0.3, 0.4) is 0 Å². The molecule has 5 nitrogen and oxygen atoms in total. The van der Waals surface area contributed by atoms with Gasteiger partial charge in [-0.1, -0.05) is 11.6 Å². The maximum atomic E-state index is 10.7. The highest BCUT2D eigenvalue weighted by molar-refractivity contribution is 6.29. The topological polar surface area (TPSA) is 58.4 Å². The summed E-state index contributed by atoms with van der Waals surface area (Å²) in [6.45, 7) is 0.606. The molecule has 1 saturated carbocycles. The molecule has 0 aliphatic heterocycles. The number of carboxylic acid groups (broad SMARTS) is 1. The van der Waals surface area contributed by atoms with Crippen LogP contribution in [0.5, 0.6) is 0 Å². The van der Waals surface area contributed by atoms with Crippen molar-refractivity contribution in [3.05, 3.63) is 17.2 Å². The first-order chi connectivity index (χ1) is 7.58. The Labute approximate surface area is 98.6 Å². The zero-order valence-corrected chi connectivity index (χ0v) is 9.81. The Morgan fingerprint density at radius 3 is 2.88 bits per heavy atom. The predicted molar refractivity (Wildman–Crippen MR) is 59.3 cm³/mol. The average Bonchev–Trinajstić information content (AvgIpc) is 3.00. The summed E-state index contributed by atoms with van der Waals surface area (Å²) in [7, 11) is 1.83. The first-order valence-corrected chi connectivity index (χ1v) is 5.57. The molecule has 0 spiro atoms. The fourth-order valence-electron chi connectivity index (χ4n) is 1.68. The number of imidazole rings is 1. The molecule has 1 aromatic heterocycles. The van der Waals surface area contributed by atoms with Crippen molar-refractivity contribution in [3.63, 3.8) is 0 Å². The van der Waals surface area contributed by atoms with Crippen molar-refractivity contribution in [2.45, 2.75) is 25.4 Å². The van der Waals surface area contributed by atoms with Gasteiger partial charge in [-0.3, -0.25) is 9.69 Å². The third-order valence-electron chi connectivity index (χ3n) is 2.77. The molecule has 0 saturated heterocycles. The van der Waals surface area contributed by atoms with Crippen molar-refractivity contribution in [3.8, 4) is 0 Å². The van der Waals surface area contributed by atoms with Crippen molar-refractivity contribution in [2.24, 2.45) is 7.05 Å². The van der Waals surface area contributed by atoms with E-state index in [1.165, 1.54) is 0 Å². The van der Waals surface area contributed by atoms with Gasteiger partial charge in [0.2, 0.25) is 0 Å². The molecule has 1 fully saturated rings. The fraction of sp³-hybridized carbons (Fsp3) is 0.600. The third-order valence-corrected chi connectivity index (χ3v) is 3.12. The van der Waals surface area contributed by atoms with Crippen LogP contribution in [-0.4, -0.2) is 38.1 Å². The number of hydrogen-bond donors (Lipinski definition) is 1. The Balaban J connectivity index is 2.05. The minimum atomic E-state index is -0.799. The Bertz CT molecular complexity index is 401. The lowest BCUT2D eigenvalue weighted by Gasteiger charge is -2.19. The van der Waals surface area contributed by atoms with Crippen LogP contribution in [0.2, 0.25) is 5.15 Å². The van der Waals surface area contributed by atoms with Gasteiger partial charge in [0.25, 0.3) is 0 Å². The van der Waals surface area contributed by atoms with Crippen molar-refractivity contribution in [2.75, 3.05) is 6.54 Å². The van der Waals surface area contributed by atoms with Crippen LogP contribution >= 0.6 is 11.6 Å². The zero-order chi connectivity index (χ0) is 11.7. The van der Waals surface area contributed by atoms with Crippen molar-refractivity contribution < 1.29 is 9.90 Å². The number of halogens is 1. The molecule has 1 aromatic rings. The van der Waals surface area contributed by atoms with E-state index in [0.29, 0.717) is 17.7 Å². The highest BCUT2D eigenvalue weighted by Crippen LogP contribution is 2.28. The van der Waals surface area contributed by atoms with Gasteiger partial charge in [-0.05, 0) is 12.8 Å². The zero-order valence-electron chi connectivity index (χ0n) is 9.06. The summed E-state index contributed by atoms with van der Waals surface area (Å²) in [6, 6.07) is 0.395. The van der Waals surface area contributed by atoms with Crippen LogP contribution in [-0.2, 0) is 18.4 Å². The largest absolute Gasteiger partial charge is 0.480 e. The van der Waals surface area contributed by atoms with Gasteiger partial charge in [-0.25, -0.2) is 4.98 Å². The Hall–Kier alpha value is -1.07. The number of carboxylic acids is 1. The Morgan fingerprint density at radius 2 is 2.44 bits per heavy atom. The first kappa shape index (κ1) is 11.4. The molecule has 88 valence electrons. The van der Waals surface area contributed by atoms with Gasteiger partial charge >= 0.3 is 5.97 Å². The molecular formula is C10H14ClN3O2. The van der Waals surface area contributed by atoms with E-state index < -0.39 is 5.97 Å². The van der Waals surface area contributed by atoms with Gasteiger partial charge in [0, 0.05) is 13.1 Å². The van der Waals surface area contributed by atoms with E-state index in [0.717, 1.165) is 18.7 Å². The number of carbonyl (C=O) groups is 1. The van der Waals surface area contributed by atoms with E-state index in [1.54, 1.807) is 10.8 Å². The second-order valence-corrected chi connectivity index (χ2v) is 4.47. The normalized spacial score (nSPS) is 15.7. The molecular weight excluding hydrogens is 230 g/mol. The second kappa shape index (κ2) is 4.43. The molecule has 0 atom stereocenters. The van der Waals surface area contributed by atoms with Gasteiger partial charge in [-0.2, -0.15) is 0 Å². The molecule has 6 heteroatoms. The first-order valence-electron chi connectivity index (χ1n) is 5.20. The Morgan fingerprint density at radius 1 is 1.75 bits per heavy atom. The fourth-order valence-corrected chi connectivity index (χ4v) is 1.83. The average molecular weight is 244 g/mol. The van der Waals surface area contributed by atoms with Crippen LogP contribution in [0.25, 0.3) is 0 Å². The molecule has 0 unspecified atom stereocenters. The molecule has 1 N–H and O–H groups in total. The van der Waals surface area contributed by atoms with Crippen LogP contribution in [0.1, 0.15) is 18.7 Å². The molecule has 2 rings (SSSR count). The quantitative estimate of drug-likeness (QED) is 0.842. The van der Waals surface area contributed by atoms with Gasteiger partial charge in [-0.15, -0.1) is 0 Å². The van der Waals surface area contributed by atoms with Crippen molar-refractivity contribution in [1.29, 1.82) is 0 Å². The lowest BCUT2D eigenvalue weighted by atomic mass is 10.4. The summed E-state index contributed by atoms with van der Waals surface area (Å²) in [5.74, 6) is 0.00496. The van der Waals surface area contributed by atoms with E-state index in [-0.39, 0.29) is 6.54 Å². The van der Waals surface area contributed by atoms with Gasteiger partial charge in [0.05, 0.1) is 19.3 Å². The lowest BCUT2D eigenvalue weighted by molar-refractivity contribution is -0.138. The Kier molecular flexibility index (Phi) is 3.16. The molecule has 0 bridgehead atoms. The summed E-state index contributed by atoms with van der Waals surface area (Å²) in [5.41, 5.74) is 0. The maximum absolute atomic E-state index is 10.7. The van der Waals surface area contributed by atoms with Gasteiger partial charge in [0.1, 0.15) is 11.0 Å². The molecule has 0 amide bonds. The molecule has 0 radical (unpaired) electrons. The van der Waals surface area contributed by atoms with Gasteiger partial charge < -0.3 is 9.67 Å². The number of hydrogen-bond acceptors (Lipinski definition) is 3. The van der Waals surface area contributed by atoms with Crippen LogP contribution in [0.15, 0.2) is 6.20 Å². The van der Waals surface area contributed by atoms with Crippen LogP contribution in [0.4, 0.5) is 0 Å². The highest BCUT2D eigenvalue weighted by atomic mass is 35.5. The predicted octanol–water partition coefficient (Wildman–Crippen LogP) is 1.12. The van der Waals surface area contributed by atoms with E-state index in [1.807, 2.05) is 11.9 Å². The number of rotatable bonds is 5. The van der Waals surface area contributed by atoms with Crippen molar-refractivity contribution in [1.82, 2.24) is 14.5 Å².